The lowest BCUT2D eigenvalue weighted by molar-refractivity contribution is 0.104. The predicted octanol–water partition coefficient (Wildman–Crippen LogP) is 8.28. The number of anilines is 2. The van der Waals surface area contributed by atoms with Gasteiger partial charge in [-0.05, 0) is 61.4 Å². The molecule has 206 valence electrons. The van der Waals surface area contributed by atoms with Gasteiger partial charge < -0.3 is 15.0 Å². The van der Waals surface area contributed by atoms with Gasteiger partial charge in [-0.2, -0.15) is 4.98 Å². The molecule has 0 unspecified atom stereocenters. The average molecular weight is 544 g/mol. The van der Waals surface area contributed by atoms with E-state index in [1.165, 1.54) is 5.56 Å². The molecule has 1 aromatic heterocycles. The fourth-order valence-corrected chi connectivity index (χ4v) is 5.55. The van der Waals surface area contributed by atoms with E-state index < -0.39 is 5.69 Å². The van der Waals surface area contributed by atoms with Gasteiger partial charge in [-0.3, -0.25) is 4.79 Å². The predicted molar refractivity (Wildman–Crippen MR) is 165 cm³/mol. The first kappa shape index (κ1) is 26.5. The second kappa shape index (κ2) is 9.73. The molecule has 0 saturated carbocycles. The Morgan fingerprint density at radius 1 is 0.854 bits per heavy atom. The van der Waals surface area contributed by atoms with Crippen molar-refractivity contribution < 1.29 is 9.53 Å². The van der Waals surface area contributed by atoms with Gasteiger partial charge in [0.05, 0.1) is 22.5 Å². The maximum Gasteiger partial charge on any atom is 0.346 e. The van der Waals surface area contributed by atoms with E-state index in [9.17, 15) is 9.59 Å². The first-order valence-corrected chi connectivity index (χ1v) is 14.0. The highest BCUT2D eigenvalue weighted by atomic mass is 16.5. The minimum absolute atomic E-state index is 0.0389. The van der Waals surface area contributed by atoms with Gasteiger partial charge in [-0.15, -0.1) is 0 Å². The fourth-order valence-electron chi connectivity index (χ4n) is 5.55. The number of aromatic nitrogens is 2. The third-order valence-corrected chi connectivity index (χ3v) is 8.34. The van der Waals surface area contributed by atoms with E-state index >= 15 is 0 Å². The van der Waals surface area contributed by atoms with Crippen LogP contribution in [0.1, 0.15) is 65.4 Å². The summed E-state index contributed by atoms with van der Waals surface area (Å²) in [6.07, 6.45) is 1.01. The largest absolute Gasteiger partial charge is 0.455 e. The highest BCUT2D eigenvalue weighted by Crippen LogP contribution is 2.45. The number of hydrogen-bond acceptors (Lipinski definition) is 5. The Morgan fingerprint density at radius 3 is 2.32 bits per heavy atom. The van der Waals surface area contributed by atoms with Crippen LogP contribution in [0.2, 0.25) is 0 Å². The van der Waals surface area contributed by atoms with E-state index in [1.807, 2.05) is 63.2 Å². The van der Waals surface area contributed by atoms with Gasteiger partial charge in [0.2, 0.25) is 0 Å². The fraction of sp³-hybridized carbons (Fsp3) is 0.229. The number of aromatic amines is 1. The number of hydrogen-bond donors (Lipinski definition) is 2. The van der Waals surface area contributed by atoms with Gasteiger partial charge in [-0.25, -0.2) is 4.79 Å². The van der Waals surface area contributed by atoms with Crippen LogP contribution in [0.15, 0.2) is 71.5 Å². The molecule has 0 radical (unpaired) electrons. The third kappa shape index (κ3) is 4.49. The molecule has 4 aromatic carbocycles. The molecule has 0 bridgehead atoms. The summed E-state index contributed by atoms with van der Waals surface area (Å²) in [7, 11) is 0. The van der Waals surface area contributed by atoms with Gasteiger partial charge in [0, 0.05) is 28.3 Å². The van der Waals surface area contributed by atoms with Crippen LogP contribution in [0.3, 0.4) is 0 Å². The molecule has 6 rings (SSSR count). The van der Waals surface area contributed by atoms with Crippen LogP contribution >= 0.6 is 0 Å². The highest BCUT2D eigenvalue weighted by molar-refractivity contribution is 6.28. The van der Waals surface area contributed by atoms with Crippen molar-refractivity contribution in [3.63, 3.8) is 0 Å². The van der Waals surface area contributed by atoms with E-state index in [0.717, 1.165) is 28.8 Å². The Balaban J connectivity index is 1.60. The SMILES string of the molecule is CCC(C)(C)c1ccc(Oc2cc(Nc3ccc(C)cc3C)c3c4c(nc(=O)[nH]c24)-c2ccccc2C3=O)c(C)c1. The van der Waals surface area contributed by atoms with Gasteiger partial charge in [0.1, 0.15) is 5.75 Å². The topological polar surface area (TPSA) is 84.1 Å². The number of benzene rings is 4. The second-order valence-electron chi connectivity index (χ2n) is 11.6. The smallest absolute Gasteiger partial charge is 0.346 e. The zero-order chi connectivity index (χ0) is 29.1. The Labute approximate surface area is 239 Å². The van der Waals surface area contributed by atoms with Crippen molar-refractivity contribution in [1.29, 1.82) is 0 Å². The standard InChI is InChI=1S/C35H33N3O3/c1-7-35(5,6)22-13-15-27(21(4)17-22)41-28-18-26(36-25-14-12-19(2)16-20(25)3)29-30-31(37-34(40)38-32(28)30)23-10-8-9-11-24(23)33(29)39/h8-18,36H,7H2,1-6H3,(H,37,38,40). The van der Waals surface area contributed by atoms with E-state index in [1.54, 1.807) is 6.07 Å². The van der Waals surface area contributed by atoms with Crippen LogP contribution in [0, 0.1) is 20.8 Å². The third-order valence-electron chi connectivity index (χ3n) is 8.34. The summed E-state index contributed by atoms with van der Waals surface area (Å²) in [5.74, 6) is 0.984. The minimum Gasteiger partial charge on any atom is -0.455 e. The summed E-state index contributed by atoms with van der Waals surface area (Å²) >= 11 is 0. The van der Waals surface area contributed by atoms with Gasteiger partial charge >= 0.3 is 5.69 Å². The van der Waals surface area contributed by atoms with Crippen LogP contribution in [0.4, 0.5) is 11.4 Å². The Bertz CT molecular complexity index is 1930. The van der Waals surface area contributed by atoms with Crippen LogP contribution < -0.4 is 15.7 Å². The zero-order valence-electron chi connectivity index (χ0n) is 24.2. The number of rotatable bonds is 6. The number of H-pyrrole nitrogens is 1. The molecule has 0 atom stereocenters. The molecule has 6 nitrogen and oxygen atoms in total. The van der Waals surface area contributed by atoms with E-state index in [-0.39, 0.29) is 11.2 Å². The maximum absolute atomic E-state index is 14.0. The molecule has 0 saturated heterocycles. The Morgan fingerprint density at radius 2 is 1.61 bits per heavy atom. The summed E-state index contributed by atoms with van der Waals surface area (Å²) in [5, 5.41) is 4.07. The summed E-state index contributed by atoms with van der Waals surface area (Å²) < 4.78 is 6.56. The average Bonchev–Trinajstić information content (AvgIpc) is 2.94. The lowest BCUT2D eigenvalue weighted by atomic mass is 9.81. The van der Waals surface area contributed by atoms with Crippen LogP contribution in [0.25, 0.3) is 22.2 Å². The molecule has 41 heavy (non-hydrogen) atoms. The van der Waals surface area contributed by atoms with Crippen molar-refractivity contribution in [3.05, 3.63) is 111 Å². The molecule has 1 heterocycles. The quantitative estimate of drug-likeness (QED) is 0.221. The molecule has 0 spiro atoms. The van der Waals surface area contributed by atoms with Crippen LogP contribution in [0.5, 0.6) is 11.5 Å². The first-order chi connectivity index (χ1) is 19.6. The molecule has 2 N–H and O–H groups in total. The number of aryl methyl sites for hydroxylation is 3. The molecule has 5 aromatic rings. The van der Waals surface area contributed by atoms with Crippen molar-refractivity contribution in [2.24, 2.45) is 0 Å². The number of ether oxygens (including phenoxy) is 1. The molecule has 0 fully saturated rings. The Kier molecular flexibility index (Phi) is 6.29. The lowest BCUT2D eigenvalue weighted by Gasteiger charge is -2.25. The number of ketones is 1. The molecule has 1 aliphatic carbocycles. The van der Waals surface area contributed by atoms with Crippen LogP contribution in [-0.2, 0) is 5.41 Å². The molecular formula is C35H33N3O3. The molecular weight excluding hydrogens is 510 g/mol. The van der Waals surface area contributed by atoms with Crippen molar-refractivity contribution in [2.45, 2.75) is 53.4 Å². The number of fused-ring (bicyclic) bond motifs is 2. The van der Waals surface area contributed by atoms with E-state index in [0.29, 0.717) is 50.5 Å². The zero-order valence-corrected chi connectivity index (χ0v) is 24.2. The molecule has 6 heteroatoms. The summed E-state index contributed by atoms with van der Waals surface area (Å²) in [4.78, 5) is 34.1. The van der Waals surface area contributed by atoms with Crippen molar-refractivity contribution in [1.82, 2.24) is 9.97 Å². The van der Waals surface area contributed by atoms with Crippen LogP contribution in [-0.4, -0.2) is 15.8 Å². The minimum atomic E-state index is -0.501. The van der Waals surface area contributed by atoms with E-state index in [4.69, 9.17) is 4.74 Å². The monoisotopic (exact) mass is 543 g/mol. The van der Waals surface area contributed by atoms with Gasteiger partial charge in [-0.1, -0.05) is 74.9 Å². The summed E-state index contributed by atoms with van der Waals surface area (Å²) in [6, 6.07) is 21.5. The summed E-state index contributed by atoms with van der Waals surface area (Å²) in [6.45, 7) is 12.7. The number of carbonyl (C=O) groups excluding carboxylic acids is 1. The normalized spacial score (nSPS) is 12.4. The maximum atomic E-state index is 14.0. The molecule has 0 amide bonds. The lowest BCUT2D eigenvalue weighted by Crippen LogP contribution is -2.19. The van der Waals surface area contributed by atoms with Crippen molar-refractivity contribution >= 4 is 28.1 Å². The number of nitrogens with one attached hydrogen (secondary N) is 2. The number of nitrogens with zero attached hydrogens (tertiary/aromatic N) is 1. The number of carbonyl (C=O) groups is 1. The van der Waals surface area contributed by atoms with Crippen molar-refractivity contribution in [2.75, 3.05) is 5.32 Å². The van der Waals surface area contributed by atoms with E-state index in [2.05, 4.69) is 54.3 Å². The highest BCUT2D eigenvalue weighted by Gasteiger charge is 2.31. The molecule has 0 aliphatic heterocycles. The first-order valence-electron chi connectivity index (χ1n) is 14.0. The second-order valence-corrected chi connectivity index (χ2v) is 11.6. The van der Waals surface area contributed by atoms with Crippen molar-refractivity contribution in [3.8, 4) is 22.8 Å². The summed E-state index contributed by atoms with van der Waals surface area (Å²) in [5.41, 5.74) is 7.96. The molecule has 1 aliphatic rings. The van der Waals surface area contributed by atoms with Gasteiger partial charge in [0.25, 0.3) is 0 Å². The van der Waals surface area contributed by atoms with Gasteiger partial charge in [0.15, 0.2) is 11.5 Å². The Hall–Kier alpha value is -4.71.